The fraction of sp³-hybridized carbons (Fsp3) is 0.848. The third-order valence-electron chi connectivity index (χ3n) is 18.6. The Balaban J connectivity index is 1.13. The van der Waals surface area contributed by atoms with Gasteiger partial charge in [0.2, 0.25) is 0 Å². The zero-order valence-corrected chi connectivity index (χ0v) is 33.8. The van der Waals surface area contributed by atoms with Crippen molar-refractivity contribution in [3.8, 4) is 0 Å². The number of carboxylic acid groups (broad SMARTS) is 1. The highest BCUT2D eigenvalue weighted by molar-refractivity contribution is 5.75. The van der Waals surface area contributed by atoms with Gasteiger partial charge in [0.05, 0.1) is 16.6 Å². The summed E-state index contributed by atoms with van der Waals surface area (Å²) in [5, 5.41) is 36.0. The van der Waals surface area contributed by atoms with Crippen LogP contribution in [0.15, 0.2) is 35.5 Å². The van der Waals surface area contributed by atoms with Gasteiger partial charge in [0.25, 0.3) is 0 Å². The third-order valence-corrected chi connectivity index (χ3v) is 18.6. The normalized spacial score (nSPS) is 49.8. The Morgan fingerprint density at radius 3 is 2.17 bits per heavy atom. The minimum Gasteiger partial charge on any atom is -0.481 e. The molecule has 0 aromatic rings. The SMILES string of the molecule is C=C(C)C1CC[C@]2(NCCC3(O)CCC(C)(O)CC3)CC[C@]3(C)[C@H](CC[C@@H]4[C@@]5(C)CC=C(C6=CC[C@@](CF)(C(=O)O)CC6)C(C)(C)[C@@H]5CC[C@]43C)[C@@H]12. The van der Waals surface area contributed by atoms with Crippen LogP contribution in [0, 0.1) is 56.7 Å². The van der Waals surface area contributed by atoms with E-state index in [1.807, 2.05) is 6.92 Å². The quantitative estimate of drug-likeness (QED) is 0.187. The van der Waals surface area contributed by atoms with Gasteiger partial charge in [-0.2, -0.15) is 0 Å². The van der Waals surface area contributed by atoms with Gasteiger partial charge in [0.1, 0.15) is 6.67 Å². The molecule has 0 heterocycles. The maximum absolute atomic E-state index is 14.0. The zero-order chi connectivity index (χ0) is 37.8. The molecule has 0 radical (unpaired) electrons. The van der Waals surface area contributed by atoms with Crippen molar-refractivity contribution < 1.29 is 24.5 Å². The molecule has 0 aliphatic heterocycles. The van der Waals surface area contributed by atoms with Crippen molar-refractivity contribution in [1.82, 2.24) is 5.32 Å². The molecule has 4 N–H and O–H groups in total. The second-order valence-corrected chi connectivity index (χ2v) is 21.4. The number of carboxylic acids is 1. The lowest BCUT2D eigenvalue weighted by Crippen LogP contribution is -2.68. The maximum atomic E-state index is 14.0. The van der Waals surface area contributed by atoms with Crippen molar-refractivity contribution in [1.29, 1.82) is 0 Å². The number of halogens is 1. The van der Waals surface area contributed by atoms with Gasteiger partial charge in [-0.3, -0.25) is 4.79 Å². The Morgan fingerprint density at radius 1 is 0.846 bits per heavy atom. The number of aliphatic hydroxyl groups is 2. The summed E-state index contributed by atoms with van der Waals surface area (Å²) in [5.74, 6) is 1.96. The van der Waals surface area contributed by atoms with E-state index < -0.39 is 29.3 Å². The van der Waals surface area contributed by atoms with Crippen molar-refractivity contribution in [3.63, 3.8) is 0 Å². The lowest BCUT2D eigenvalue weighted by atomic mass is 9.33. The summed E-state index contributed by atoms with van der Waals surface area (Å²) in [4.78, 5) is 12.0. The van der Waals surface area contributed by atoms with Gasteiger partial charge in [0.15, 0.2) is 0 Å². The predicted molar refractivity (Wildman–Crippen MR) is 207 cm³/mol. The molecule has 0 aromatic heterocycles. The van der Waals surface area contributed by atoms with Crippen LogP contribution in [0.5, 0.6) is 0 Å². The highest BCUT2D eigenvalue weighted by atomic mass is 19.1. The second-order valence-electron chi connectivity index (χ2n) is 21.4. The summed E-state index contributed by atoms with van der Waals surface area (Å²) in [6.45, 7) is 21.8. The highest BCUT2D eigenvalue weighted by Gasteiger charge is 2.70. The van der Waals surface area contributed by atoms with Crippen molar-refractivity contribution in [2.75, 3.05) is 13.2 Å². The average molecular weight is 722 g/mol. The topological polar surface area (TPSA) is 89.8 Å². The summed E-state index contributed by atoms with van der Waals surface area (Å²) in [7, 11) is 0. The summed E-state index contributed by atoms with van der Waals surface area (Å²) >= 11 is 0. The van der Waals surface area contributed by atoms with Crippen LogP contribution >= 0.6 is 0 Å². The van der Waals surface area contributed by atoms with Crippen LogP contribution in [0.3, 0.4) is 0 Å². The first kappa shape index (κ1) is 38.8. The molecule has 0 spiro atoms. The predicted octanol–water partition coefficient (Wildman–Crippen LogP) is 10.1. The fourth-order valence-electron chi connectivity index (χ4n) is 15.2. The number of rotatable bonds is 8. The lowest BCUT2D eigenvalue weighted by Gasteiger charge is -2.72. The van der Waals surface area contributed by atoms with Crippen LogP contribution in [0.25, 0.3) is 0 Å². The molecule has 0 aromatic carbocycles. The van der Waals surface area contributed by atoms with E-state index in [0.29, 0.717) is 68.1 Å². The molecule has 10 atom stereocenters. The molecule has 1 unspecified atom stereocenters. The summed E-state index contributed by atoms with van der Waals surface area (Å²) < 4.78 is 14.0. The first-order chi connectivity index (χ1) is 24.2. The van der Waals surface area contributed by atoms with E-state index in [4.69, 9.17) is 0 Å². The molecule has 7 aliphatic carbocycles. The largest absolute Gasteiger partial charge is 0.481 e. The van der Waals surface area contributed by atoms with Crippen LogP contribution in [-0.2, 0) is 4.79 Å². The lowest BCUT2D eigenvalue weighted by molar-refractivity contribution is -0.221. The first-order valence-corrected chi connectivity index (χ1v) is 21.3. The van der Waals surface area contributed by atoms with Gasteiger partial charge in [-0.15, -0.1) is 0 Å². The van der Waals surface area contributed by atoms with Crippen LogP contribution < -0.4 is 5.32 Å². The van der Waals surface area contributed by atoms with E-state index in [0.717, 1.165) is 19.4 Å². The van der Waals surface area contributed by atoms with Gasteiger partial charge in [-0.25, -0.2) is 4.39 Å². The smallest absolute Gasteiger partial charge is 0.312 e. The first-order valence-electron chi connectivity index (χ1n) is 21.3. The highest BCUT2D eigenvalue weighted by Crippen LogP contribution is 2.76. The molecule has 7 aliphatic rings. The minimum atomic E-state index is -1.26. The number of allylic oxidation sites excluding steroid dienone is 5. The maximum Gasteiger partial charge on any atom is 0.312 e. The molecule has 0 amide bonds. The number of hydrogen-bond donors (Lipinski definition) is 4. The summed E-state index contributed by atoms with van der Waals surface area (Å²) in [5.41, 5.74) is 2.23. The Kier molecular flexibility index (Phi) is 9.52. The van der Waals surface area contributed by atoms with Crippen molar-refractivity contribution in [2.24, 2.45) is 56.7 Å². The van der Waals surface area contributed by atoms with Crippen LogP contribution in [-0.4, -0.2) is 51.2 Å². The van der Waals surface area contributed by atoms with Crippen molar-refractivity contribution >= 4 is 5.97 Å². The molecule has 5 saturated carbocycles. The molecule has 5 nitrogen and oxygen atoms in total. The number of fused-ring (bicyclic) bond motifs is 7. The van der Waals surface area contributed by atoms with E-state index >= 15 is 0 Å². The van der Waals surface area contributed by atoms with E-state index in [-0.39, 0.29) is 33.6 Å². The molecule has 5 fully saturated rings. The zero-order valence-electron chi connectivity index (χ0n) is 33.8. The summed E-state index contributed by atoms with van der Waals surface area (Å²) in [6.07, 6.45) is 20.4. The van der Waals surface area contributed by atoms with Crippen molar-refractivity contribution in [3.05, 3.63) is 35.5 Å². The number of alkyl halides is 1. The molecular weight excluding hydrogens is 650 g/mol. The standard InChI is InChI=1S/C46H72FNO4/c1-30(2)32-13-20-46(48-28-27-45(52)24-21-40(5,51)22-25-45)26-23-42(7)34(37(32)46)9-10-36-41(6)16-14-33(39(3,4)35(41)15-17-43(36,42)8)31-11-18-44(29-47,19-12-31)38(49)50/h11,14,32,34-37,48,51-52H,1,9-10,12-13,15-29H2,2-8H3,(H,49,50)/t32?,34-,35+,36-,37-,40?,41+,42-,43-,44-,45?,46+/m1/s1. The van der Waals surface area contributed by atoms with Gasteiger partial charge in [0, 0.05) is 5.54 Å². The average Bonchev–Trinajstić information content (AvgIpc) is 3.46. The molecule has 6 heteroatoms. The Labute approximate surface area is 314 Å². The molecule has 0 bridgehead atoms. The van der Waals surface area contributed by atoms with Gasteiger partial charge < -0.3 is 20.6 Å². The molecule has 0 saturated heterocycles. The Morgan fingerprint density at radius 2 is 1.56 bits per heavy atom. The van der Waals surface area contributed by atoms with Gasteiger partial charge in [-0.05, 0) is 192 Å². The third kappa shape index (κ3) is 5.70. The second kappa shape index (κ2) is 12.8. The van der Waals surface area contributed by atoms with E-state index in [2.05, 4.69) is 65.6 Å². The van der Waals surface area contributed by atoms with Gasteiger partial charge in [-0.1, -0.05) is 58.9 Å². The van der Waals surface area contributed by atoms with E-state index in [1.165, 1.54) is 68.1 Å². The van der Waals surface area contributed by atoms with E-state index in [1.54, 1.807) is 0 Å². The number of hydrogen-bond acceptors (Lipinski definition) is 4. The van der Waals surface area contributed by atoms with E-state index in [9.17, 15) is 24.5 Å². The number of carbonyl (C=O) groups is 1. The molecule has 7 rings (SSSR count). The number of nitrogens with one attached hydrogen (secondary N) is 1. The monoisotopic (exact) mass is 722 g/mol. The molecular formula is C46H72FNO4. The number of aliphatic carboxylic acids is 1. The van der Waals surface area contributed by atoms with Crippen LogP contribution in [0.4, 0.5) is 4.39 Å². The molecule has 52 heavy (non-hydrogen) atoms. The van der Waals surface area contributed by atoms with Crippen molar-refractivity contribution in [2.45, 2.75) is 174 Å². The van der Waals surface area contributed by atoms with Crippen LogP contribution in [0.1, 0.15) is 158 Å². The fourth-order valence-corrected chi connectivity index (χ4v) is 15.2. The van der Waals surface area contributed by atoms with Gasteiger partial charge >= 0.3 is 5.97 Å². The van der Waals surface area contributed by atoms with Crippen LogP contribution in [0.2, 0.25) is 0 Å². The summed E-state index contributed by atoms with van der Waals surface area (Å²) in [6, 6.07) is 0. The Bertz CT molecular complexity index is 1500. The minimum absolute atomic E-state index is 0.0167. The molecule has 292 valence electrons. The Hall–Kier alpha value is -1.50.